The number of pyridine rings is 1. The Balaban J connectivity index is 1.45. The van der Waals surface area contributed by atoms with Gasteiger partial charge in [0.1, 0.15) is 18.8 Å². The Morgan fingerprint density at radius 1 is 1.13 bits per heavy atom. The Labute approximate surface area is 175 Å². The SMILES string of the molecule is CC1(C)CC(=O)c2cc(C(=O)Nc3nc4cc5c(cc4s3)OCCO5)c(=O)[nH]c2C1. The molecule has 0 saturated carbocycles. The van der Waals surface area contributed by atoms with Crippen LogP contribution in [0.3, 0.4) is 0 Å². The maximum absolute atomic E-state index is 12.8. The number of amides is 1. The van der Waals surface area contributed by atoms with Crippen LogP contribution in [0.2, 0.25) is 0 Å². The molecule has 0 bridgehead atoms. The predicted octanol–water partition coefficient (Wildman–Crippen LogP) is 3.16. The van der Waals surface area contributed by atoms with Crippen molar-refractivity contribution in [2.24, 2.45) is 5.41 Å². The second kappa shape index (κ2) is 6.66. The van der Waals surface area contributed by atoms with Gasteiger partial charge in [-0.2, -0.15) is 0 Å². The van der Waals surface area contributed by atoms with E-state index in [1.165, 1.54) is 17.4 Å². The van der Waals surface area contributed by atoms with E-state index in [0.717, 1.165) is 4.70 Å². The molecule has 2 aromatic heterocycles. The van der Waals surface area contributed by atoms with Gasteiger partial charge in [-0.1, -0.05) is 25.2 Å². The smallest absolute Gasteiger partial charge is 0.263 e. The third-order valence-corrected chi connectivity index (χ3v) is 6.17. The fraction of sp³-hybridized carbons (Fsp3) is 0.333. The molecule has 0 spiro atoms. The number of carbonyl (C=O) groups is 2. The summed E-state index contributed by atoms with van der Waals surface area (Å²) in [7, 11) is 0. The Kier molecular flexibility index (Phi) is 4.18. The molecule has 2 aliphatic rings. The highest BCUT2D eigenvalue weighted by molar-refractivity contribution is 7.22. The van der Waals surface area contributed by atoms with Gasteiger partial charge < -0.3 is 14.5 Å². The van der Waals surface area contributed by atoms with E-state index in [9.17, 15) is 14.4 Å². The molecule has 8 nitrogen and oxygen atoms in total. The first kappa shape index (κ1) is 18.8. The maximum Gasteiger partial charge on any atom is 0.263 e. The van der Waals surface area contributed by atoms with E-state index in [2.05, 4.69) is 15.3 Å². The molecule has 0 saturated heterocycles. The standard InChI is InChI=1S/C21H19N3O5S/c1-21(2)8-13-10(14(25)9-21)5-11(18(26)22-13)19(27)24-20-23-12-6-15-16(7-17(12)30-20)29-4-3-28-15/h5-7H,3-4,8-9H2,1-2H3,(H,22,26)(H,23,24,27). The number of thiazole rings is 1. The molecule has 0 atom stereocenters. The fourth-order valence-electron chi connectivity index (χ4n) is 3.88. The molecule has 30 heavy (non-hydrogen) atoms. The summed E-state index contributed by atoms with van der Waals surface area (Å²) in [6.45, 7) is 4.92. The van der Waals surface area contributed by atoms with Gasteiger partial charge in [-0.15, -0.1) is 0 Å². The third kappa shape index (κ3) is 3.24. The molecule has 0 radical (unpaired) electrons. The summed E-state index contributed by atoms with van der Waals surface area (Å²) in [6.07, 6.45) is 0.956. The first-order valence-electron chi connectivity index (χ1n) is 9.60. The van der Waals surface area contributed by atoms with Crippen LogP contribution in [0.1, 0.15) is 46.7 Å². The first-order valence-corrected chi connectivity index (χ1v) is 10.4. The van der Waals surface area contributed by atoms with Crippen molar-refractivity contribution in [3.63, 3.8) is 0 Å². The zero-order valence-electron chi connectivity index (χ0n) is 16.5. The van der Waals surface area contributed by atoms with Crippen molar-refractivity contribution in [3.8, 4) is 11.5 Å². The van der Waals surface area contributed by atoms with Crippen LogP contribution >= 0.6 is 11.3 Å². The first-order chi connectivity index (χ1) is 14.3. The molecule has 154 valence electrons. The number of rotatable bonds is 2. The lowest BCUT2D eigenvalue weighted by Crippen LogP contribution is -2.32. The minimum atomic E-state index is -0.604. The van der Waals surface area contributed by atoms with Crippen LogP contribution in [0.15, 0.2) is 23.0 Å². The van der Waals surface area contributed by atoms with Crippen molar-refractivity contribution < 1.29 is 19.1 Å². The number of fused-ring (bicyclic) bond motifs is 3. The van der Waals surface area contributed by atoms with Crippen LogP contribution in [0, 0.1) is 5.41 Å². The van der Waals surface area contributed by atoms with Crippen molar-refractivity contribution >= 4 is 38.4 Å². The molecule has 3 aromatic rings. The number of Topliss-reactive ketones (excluding diaryl/α,β-unsaturated/α-hetero) is 1. The highest BCUT2D eigenvalue weighted by atomic mass is 32.1. The molecule has 1 aliphatic carbocycles. The van der Waals surface area contributed by atoms with Crippen LogP contribution in [0.4, 0.5) is 5.13 Å². The van der Waals surface area contributed by atoms with Gasteiger partial charge in [-0.05, 0) is 17.9 Å². The Morgan fingerprint density at radius 2 is 1.87 bits per heavy atom. The second-order valence-electron chi connectivity index (χ2n) is 8.28. The number of benzene rings is 1. The number of ketones is 1. The molecule has 5 rings (SSSR count). The van der Waals surface area contributed by atoms with Crippen LogP contribution < -0.4 is 20.3 Å². The van der Waals surface area contributed by atoms with Gasteiger partial charge in [0.05, 0.1) is 10.2 Å². The molecule has 0 fully saturated rings. The minimum absolute atomic E-state index is 0.0721. The summed E-state index contributed by atoms with van der Waals surface area (Å²) in [6, 6.07) is 4.99. The molecule has 9 heteroatoms. The number of aromatic amines is 1. The molecule has 1 aromatic carbocycles. The van der Waals surface area contributed by atoms with Crippen LogP contribution in [-0.2, 0) is 6.42 Å². The molecule has 2 N–H and O–H groups in total. The van der Waals surface area contributed by atoms with Crippen molar-refractivity contribution in [1.29, 1.82) is 0 Å². The van der Waals surface area contributed by atoms with Crippen molar-refractivity contribution in [3.05, 3.63) is 45.4 Å². The summed E-state index contributed by atoms with van der Waals surface area (Å²) < 4.78 is 12.0. The lowest BCUT2D eigenvalue weighted by Gasteiger charge is -2.29. The third-order valence-electron chi connectivity index (χ3n) is 5.24. The van der Waals surface area contributed by atoms with Gasteiger partial charge in [0.15, 0.2) is 22.4 Å². The normalized spacial score (nSPS) is 16.9. The van der Waals surface area contributed by atoms with Crippen molar-refractivity contribution in [2.75, 3.05) is 18.5 Å². The van der Waals surface area contributed by atoms with E-state index in [1.54, 1.807) is 6.07 Å². The van der Waals surface area contributed by atoms with E-state index < -0.39 is 11.5 Å². The van der Waals surface area contributed by atoms with Crippen LogP contribution in [0.25, 0.3) is 10.2 Å². The van der Waals surface area contributed by atoms with Gasteiger partial charge in [-0.25, -0.2) is 4.98 Å². The highest BCUT2D eigenvalue weighted by Gasteiger charge is 2.32. The van der Waals surface area contributed by atoms with E-state index in [4.69, 9.17) is 9.47 Å². The quantitative estimate of drug-likeness (QED) is 0.653. The van der Waals surface area contributed by atoms with Crippen molar-refractivity contribution in [1.82, 2.24) is 9.97 Å². The highest BCUT2D eigenvalue weighted by Crippen LogP contribution is 2.38. The minimum Gasteiger partial charge on any atom is -0.486 e. The van der Waals surface area contributed by atoms with Gasteiger partial charge >= 0.3 is 0 Å². The number of aromatic nitrogens is 2. The van der Waals surface area contributed by atoms with E-state index in [1.807, 2.05) is 19.9 Å². The van der Waals surface area contributed by atoms with Crippen LogP contribution in [0.5, 0.6) is 11.5 Å². The summed E-state index contributed by atoms with van der Waals surface area (Å²) in [4.78, 5) is 44.9. The van der Waals surface area contributed by atoms with Gasteiger partial charge in [0.25, 0.3) is 11.5 Å². The number of hydrogen-bond donors (Lipinski definition) is 2. The molecular weight excluding hydrogens is 406 g/mol. The summed E-state index contributed by atoms with van der Waals surface area (Å²) in [5.41, 5.74) is 0.817. The number of H-pyrrole nitrogens is 1. The van der Waals surface area contributed by atoms with E-state index in [-0.39, 0.29) is 16.8 Å². The lowest BCUT2D eigenvalue weighted by molar-refractivity contribution is 0.0910. The second-order valence-corrected chi connectivity index (χ2v) is 9.31. The van der Waals surface area contributed by atoms with Gasteiger partial charge in [-0.3, -0.25) is 19.7 Å². The number of nitrogens with one attached hydrogen (secondary N) is 2. The molecule has 0 unspecified atom stereocenters. The molecule has 1 amide bonds. The number of anilines is 1. The zero-order chi connectivity index (χ0) is 21.0. The molecule has 3 heterocycles. The van der Waals surface area contributed by atoms with Gasteiger partial charge in [0, 0.05) is 29.8 Å². The average molecular weight is 425 g/mol. The summed E-state index contributed by atoms with van der Waals surface area (Å²) >= 11 is 1.27. The average Bonchev–Trinajstić information content (AvgIpc) is 3.05. The summed E-state index contributed by atoms with van der Waals surface area (Å²) in [5.74, 6) is 0.581. The molecular formula is C21H19N3O5S. The monoisotopic (exact) mass is 425 g/mol. The van der Waals surface area contributed by atoms with E-state index >= 15 is 0 Å². The predicted molar refractivity (Wildman–Crippen MR) is 112 cm³/mol. The van der Waals surface area contributed by atoms with Gasteiger partial charge in [0.2, 0.25) is 0 Å². The molecule has 1 aliphatic heterocycles. The summed E-state index contributed by atoms with van der Waals surface area (Å²) in [5, 5.41) is 3.02. The number of nitrogens with zero attached hydrogens (tertiary/aromatic N) is 1. The van der Waals surface area contributed by atoms with Crippen molar-refractivity contribution in [2.45, 2.75) is 26.7 Å². The fourth-order valence-corrected chi connectivity index (χ4v) is 4.75. The maximum atomic E-state index is 12.8. The zero-order valence-corrected chi connectivity index (χ0v) is 17.3. The Morgan fingerprint density at radius 3 is 2.63 bits per heavy atom. The Bertz CT molecular complexity index is 1230. The Hall–Kier alpha value is -3.20. The number of hydrogen-bond acceptors (Lipinski definition) is 7. The van der Waals surface area contributed by atoms with E-state index in [0.29, 0.717) is 59.5 Å². The largest absolute Gasteiger partial charge is 0.486 e. The topological polar surface area (TPSA) is 110 Å². The number of ether oxygens (including phenoxy) is 2. The number of carbonyl (C=O) groups excluding carboxylic acids is 2. The lowest BCUT2D eigenvalue weighted by atomic mass is 9.75. The van der Waals surface area contributed by atoms with Crippen LogP contribution in [-0.4, -0.2) is 34.9 Å².